The van der Waals surface area contributed by atoms with Crippen LogP contribution < -0.4 is 24.4 Å². The summed E-state index contributed by atoms with van der Waals surface area (Å²) in [6.45, 7) is 3.05. The molecular weight excluding hydrogens is 739 g/mol. The first-order chi connectivity index (χ1) is 26.4. The minimum Gasteiger partial charge on any atom is -0.493 e. The van der Waals surface area contributed by atoms with E-state index in [0.29, 0.717) is 77.6 Å². The molecule has 2 aromatic carbocycles. The second kappa shape index (κ2) is 17.2. The Bertz CT molecular complexity index is 2150. The lowest BCUT2D eigenvalue weighted by molar-refractivity contribution is -0.136. The van der Waals surface area contributed by atoms with Crippen molar-refractivity contribution >= 4 is 38.6 Å². The van der Waals surface area contributed by atoms with Gasteiger partial charge in [-0.25, -0.2) is 22.2 Å². The van der Waals surface area contributed by atoms with Crippen molar-refractivity contribution in [2.45, 2.75) is 56.9 Å². The van der Waals surface area contributed by atoms with Gasteiger partial charge in [-0.05, 0) is 68.7 Å². The molecule has 6 rings (SSSR count). The SMILES string of the molecule is COc1cc2nc3c(cc2c(OC)c1OC)CN(S(=O)(=O)c1cnoc1C)CCCCN(C(=O)CCc1ccc(F)c(F)c1)CC(=O)NCC1CCCN3C1. The predicted molar refractivity (Wildman–Crippen MR) is 199 cm³/mol. The minimum atomic E-state index is -4.16. The number of hydrogen-bond acceptors (Lipinski definition) is 11. The van der Waals surface area contributed by atoms with Gasteiger partial charge in [0.1, 0.15) is 10.7 Å². The fraction of sp³-hybridized carbons (Fsp3) is 0.474. The molecule has 1 unspecified atom stereocenters. The molecule has 2 amide bonds. The van der Waals surface area contributed by atoms with E-state index in [4.69, 9.17) is 23.7 Å². The zero-order valence-corrected chi connectivity index (χ0v) is 32.2. The molecular formula is C38H46F2N6O8S. The Morgan fingerprint density at radius 2 is 1.76 bits per heavy atom. The number of aryl methyl sites for hydroxylation is 2. The molecule has 2 bridgehead atoms. The highest BCUT2D eigenvalue weighted by Crippen LogP contribution is 2.44. The summed E-state index contributed by atoms with van der Waals surface area (Å²) >= 11 is 0. The van der Waals surface area contributed by atoms with Gasteiger partial charge in [0, 0.05) is 62.7 Å². The van der Waals surface area contributed by atoms with Crippen LogP contribution >= 0.6 is 0 Å². The van der Waals surface area contributed by atoms with E-state index >= 15 is 0 Å². The minimum absolute atomic E-state index is 0.0267. The molecule has 0 aliphatic carbocycles. The molecule has 0 radical (unpaired) electrons. The Balaban J connectivity index is 1.37. The molecule has 4 heterocycles. The van der Waals surface area contributed by atoms with E-state index in [9.17, 15) is 26.8 Å². The highest BCUT2D eigenvalue weighted by Gasteiger charge is 2.32. The maximum Gasteiger partial charge on any atom is 0.248 e. The smallest absolute Gasteiger partial charge is 0.248 e. The third-order valence-electron chi connectivity index (χ3n) is 10.1. The summed E-state index contributed by atoms with van der Waals surface area (Å²) in [5.41, 5.74) is 1.65. The lowest BCUT2D eigenvalue weighted by atomic mass is 9.97. The van der Waals surface area contributed by atoms with E-state index in [1.165, 1.54) is 49.7 Å². The van der Waals surface area contributed by atoms with Crippen molar-refractivity contribution in [1.29, 1.82) is 0 Å². The van der Waals surface area contributed by atoms with Crippen molar-refractivity contribution in [2.24, 2.45) is 5.92 Å². The number of nitrogens with one attached hydrogen (secondary N) is 1. The summed E-state index contributed by atoms with van der Waals surface area (Å²) in [7, 11) is 0.391. The molecule has 1 fully saturated rings. The lowest BCUT2D eigenvalue weighted by Gasteiger charge is -2.36. The fourth-order valence-corrected chi connectivity index (χ4v) is 8.80. The number of rotatable bonds is 8. The highest BCUT2D eigenvalue weighted by atomic mass is 32.2. The van der Waals surface area contributed by atoms with Crippen LogP contribution in [0.3, 0.4) is 0 Å². The van der Waals surface area contributed by atoms with Crippen LogP contribution in [0.2, 0.25) is 0 Å². The number of piperidine rings is 1. The van der Waals surface area contributed by atoms with Gasteiger partial charge in [0.25, 0.3) is 0 Å². The van der Waals surface area contributed by atoms with Gasteiger partial charge in [-0.3, -0.25) is 9.59 Å². The maximum atomic E-state index is 14.3. The molecule has 17 heteroatoms. The molecule has 296 valence electrons. The zero-order valence-electron chi connectivity index (χ0n) is 31.4. The third kappa shape index (κ3) is 8.77. The van der Waals surface area contributed by atoms with Crippen LogP contribution in [0.15, 0.2) is 45.9 Å². The van der Waals surface area contributed by atoms with Crippen molar-refractivity contribution in [2.75, 3.05) is 65.5 Å². The van der Waals surface area contributed by atoms with E-state index in [0.717, 1.165) is 25.0 Å². The van der Waals surface area contributed by atoms with Gasteiger partial charge in [0.2, 0.25) is 27.6 Å². The molecule has 1 saturated heterocycles. The Morgan fingerprint density at radius 1 is 0.982 bits per heavy atom. The summed E-state index contributed by atoms with van der Waals surface area (Å²) < 4.78 is 79.6. The first-order valence-electron chi connectivity index (χ1n) is 18.2. The molecule has 2 aliphatic rings. The number of aromatic nitrogens is 2. The number of carbonyl (C=O) groups is 2. The normalized spacial score (nSPS) is 17.8. The Kier molecular flexibility index (Phi) is 12.4. The van der Waals surface area contributed by atoms with Crippen molar-refractivity contribution < 1.29 is 45.5 Å². The number of fused-ring (bicyclic) bond motifs is 5. The number of amides is 2. The number of anilines is 1. The van der Waals surface area contributed by atoms with Gasteiger partial charge in [-0.2, -0.15) is 4.31 Å². The van der Waals surface area contributed by atoms with Crippen LogP contribution in [0.5, 0.6) is 17.2 Å². The molecule has 0 saturated carbocycles. The lowest BCUT2D eigenvalue weighted by Crippen LogP contribution is -2.45. The second-order valence-corrected chi connectivity index (χ2v) is 15.7. The van der Waals surface area contributed by atoms with E-state index in [1.54, 1.807) is 6.07 Å². The number of hydrogen-bond donors (Lipinski definition) is 1. The van der Waals surface area contributed by atoms with E-state index in [2.05, 4.69) is 15.4 Å². The van der Waals surface area contributed by atoms with Crippen LogP contribution in [0.4, 0.5) is 14.6 Å². The number of sulfonamides is 1. The van der Waals surface area contributed by atoms with Crippen LogP contribution in [-0.4, -0.2) is 100 Å². The van der Waals surface area contributed by atoms with E-state index < -0.39 is 21.7 Å². The second-order valence-electron chi connectivity index (χ2n) is 13.8. The summed E-state index contributed by atoms with van der Waals surface area (Å²) in [6, 6.07) is 7.14. The zero-order chi connectivity index (χ0) is 39.3. The third-order valence-corrected chi connectivity index (χ3v) is 12.1. The largest absolute Gasteiger partial charge is 0.493 e. The summed E-state index contributed by atoms with van der Waals surface area (Å²) in [4.78, 5) is 35.4. The summed E-state index contributed by atoms with van der Waals surface area (Å²) in [5.74, 6) is -0.663. The molecule has 2 aromatic heterocycles. The quantitative estimate of drug-likeness (QED) is 0.266. The standard InChI is InChI=1S/C38H46F2N6O8S/c1-24-33(20-42-54-24)55(49,50)46-15-6-5-13-44(35(48)12-10-25-9-11-29(39)30(40)16-25)23-34(47)41-19-26-8-7-14-45(21-26)38-27(22-46)17-28-31(43-38)18-32(51-2)37(53-4)36(28)52-3/h9,11,16-18,20,26H,5-8,10,12-15,19,21-23H2,1-4H3,(H,41,47). The molecule has 1 N–H and O–H groups in total. The predicted octanol–water partition coefficient (Wildman–Crippen LogP) is 4.61. The molecule has 1 atom stereocenters. The Hall–Kier alpha value is -5.03. The number of halogens is 2. The van der Waals surface area contributed by atoms with Gasteiger partial charge in [-0.15, -0.1) is 0 Å². The van der Waals surface area contributed by atoms with Crippen LogP contribution in [-0.2, 0) is 32.6 Å². The van der Waals surface area contributed by atoms with Gasteiger partial charge < -0.3 is 33.9 Å². The Labute approximate surface area is 318 Å². The van der Waals surface area contributed by atoms with Crippen LogP contribution in [0, 0.1) is 24.5 Å². The monoisotopic (exact) mass is 784 g/mol. The fourth-order valence-electron chi connectivity index (χ4n) is 7.26. The van der Waals surface area contributed by atoms with Crippen molar-refractivity contribution in [3.8, 4) is 17.2 Å². The highest BCUT2D eigenvalue weighted by molar-refractivity contribution is 7.89. The average Bonchev–Trinajstić information content (AvgIpc) is 3.63. The average molecular weight is 785 g/mol. The molecule has 55 heavy (non-hydrogen) atoms. The topological polar surface area (TPSA) is 157 Å². The number of nitrogens with zero attached hydrogens (tertiary/aromatic N) is 5. The number of carbonyl (C=O) groups excluding carboxylic acids is 2. The number of methoxy groups -OCH3 is 3. The van der Waals surface area contributed by atoms with Crippen LogP contribution in [0.25, 0.3) is 10.9 Å². The summed E-state index contributed by atoms with van der Waals surface area (Å²) in [5, 5.41) is 7.35. The number of ether oxygens (including phenoxy) is 3. The van der Waals surface area contributed by atoms with Crippen molar-refractivity contribution in [3.05, 3.63) is 65.1 Å². The van der Waals surface area contributed by atoms with Gasteiger partial charge in [-0.1, -0.05) is 11.2 Å². The van der Waals surface area contributed by atoms with Crippen LogP contribution in [0.1, 0.15) is 49.0 Å². The molecule has 4 aromatic rings. The van der Waals surface area contributed by atoms with Gasteiger partial charge >= 0.3 is 0 Å². The first kappa shape index (κ1) is 39.7. The van der Waals surface area contributed by atoms with Gasteiger partial charge in [0.05, 0.1) is 39.6 Å². The maximum absolute atomic E-state index is 14.3. The van der Waals surface area contributed by atoms with Gasteiger partial charge in [0.15, 0.2) is 28.9 Å². The Morgan fingerprint density at radius 3 is 2.47 bits per heavy atom. The summed E-state index contributed by atoms with van der Waals surface area (Å²) in [6.07, 6.45) is 3.64. The van der Waals surface area contributed by atoms with E-state index in [1.807, 2.05) is 6.07 Å². The number of benzene rings is 2. The van der Waals surface area contributed by atoms with Crippen molar-refractivity contribution in [3.63, 3.8) is 0 Å². The van der Waals surface area contributed by atoms with E-state index in [-0.39, 0.29) is 67.4 Å². The number of pyridine rings is 1. The molecule has 0 spiro atoms. The molecule has 2 aliphatic heterocycles. The first-order valence-corrected chi connectivity index (χ1v) is 19.6. The molecule has 14 nitrogen and oxygen atoms in total. The van der Waals surface area contributed by atoms with Crippen molar-refractivity contribution in [1.82, 2.24) is 24.7 Å².